The average Bonchev–Trinajstić information content (AvgIpc) is 3.29. The molecule has 2 heterocycles. The van der Waals surface area contributed by atoms with Crippen LogP contribution in [0.3, 0.4) is 0 Å². The minimum atomic E-state index is -3.82. The number of nitrogens with one attached hydrogen (secondary N) is 1. The third-order valence-corrected chi connectivity index (χ3v) is 7.46. The van der Waals surface area contributed by atoms with Crippen LogP contribution in [0.15, 0.2) is 72.1 Å². The van der Waals surface area contributed by atoms with Crippen molar-refractivity contribution in [3.8, 4) is 0 Å². The number of nitrogens with zero attached hydrogens (tertiary/aromatic N) is 3. The summed E-state index contributed by atoms with van der Waals surface area (Å²) in [5.74, 6) is -0.268. The summed E-state index contributed by atoms with van der Waals surface area (Å²) in [6.45, 7) is 3.29. The Kier molecular flexibility index (Phi) is 6.20. The van der Waals surface area contributed by atoms with Crippen LogP contribution in [0.25, 0.3) is 0 Å². The molecule has 0 bridgehead atoms. The highest BCUT2D eigenvalue weighted by molar-refractivity contribution is 7.89. The van der Waals surface area contributed by atoms with Gasteiger partial charge in [-0.25, -0.2) is 13.4 Å². The van der Waals surface area contributed by atoms with Gasteiger partial charge in [0.2, 0.25) is 15.9 Å². The fraction of sp³-hybridized carbons (Fsp3) is 0.304. The minimum absolute atomic E-state index is 0.180. The van der Waals surface area contributed by atoms with E-state index in [1.807, 2.05) is 42.0 Å². The van der Waals surface area contributed by atoms with Crippen molar-refractivity contribution < 1.29 is 13.2 Å². The standard InChI is InChI=1S/C23H26N4O3S/c1-18-7-9-21(10-8-18)31(29,30)27-16-20-6-3-2-5-19(20)15-22(27)23(28)25-11-4-13-26-14-12-24-17-26/h2-3,5-10,12,14,17,22H,4,11,13,15-16H2,1H3,(H,25,28)/t22-/m0/s1. The second-order valence-corrected chi connectivity index (χ2v) is 9.69. The maximum absolute atomic E-state index is 13.4. The molecule has 1 atom stereocenters. The molecule has 1 amide bonds. The van der Waals surface area contributed by atoms with E-state index in [9.17, 15) is 13.2 Å². The van der Waals surface area contributed by atoms with Gasteiger partial charge in [0.25, 0.3) is 0 Å². The number of fused-ring (bicyclic) bond motifs is 1. The van der Waals surface area contributed by atoms with Gasteiger partial charge in [0, 0.05) is 32.0 Å². The lowest BCUT2D eigenvalue weighted by molar-refractivity contribution is -0.125. The Morgan fingerprint density at radius 1 is 1.13 bits per heavy atom. The second-order valence-electron chi connectivity index (χ2n) is 7.80. The van der Waals surface area contributed by atoms with E-state index >= 15 is 0 Å². The van der Waals surface area contributed by atoms with Gasteiger partial charge in [0.05, 0.1) is 11.2 Å². The monoisotopic (exact) mass is 438 g/mol. The summed E-state index contributed by atoms with van der Waals surface area (Å²) >= 11 is 0. The molecule has 0 saturated carbocycles. The Balaban J connectivity index is 1.54. The molecule has 1 aromatic heterocycles. The predicted octanol–water partition coefficient (Wildman–Crippen LogP) is 2.51. The highest BCUT2D eigenvalue weighted by Gasteiger charge is 2.39. The van der Waals surface area contributed by atoms with Gasteiger partial charge in [0.1, 0.15) is 6.04 Å². The zero-order valence-electron chi connectivity index (χ0n) is 17.4. The number of carbonyl (C=O) groups is 1. The number of imidazole rings is 1. The normalized spacial score (nSPS) is 16.6. The van der Waals surface area contributed by atoms with Crippen LogP contribution in [0.5, 0.6) is 0 Å². The lowest BCUT2D eigenvalue weighted by Crippen LogP contribution is -2.52. The van der Waals surface area contributed by atoms with E-state index < -0.39 is 16.1 Å². The summed E-state index contributed by atoms with van der Waals surface area (Å²) in [4.78, 5) is 17.3. The molecule has 0 unspecified atom stereocenters. The third-order valence-electron chi connectivity index (χ3n) is 5.59. The van der Waals surface area contributed by atoms with Crippen molar-refractivity contribution in [3.05, 3.63) is 83.9 Å². The molecular formula is C23H26N4O3S. The molecule has 31 heavy (non-hydrogen) atoms. The number of aromatic nitrogens is 2. The van der Waals surface area contributed by atoms with Crippen LogP contribution in [-0.2, 0) is 34.3 Å². The van der Waals surface area contributed by atoms with Crippen LogP contribution in [0, 0.1) is 6.92 Å². The van der Waals surface area contributed by atoms with Crippen LogP contribution in [0.1, 0.15) is 23.1 Å². The lowest BCUT2D eigenvalue weighted by Gasteiger charge is -2.35. The maximum atomic E-state index is 13.4. The molecule has 3 aromatic rings. The van der Waals surface area contributed by atoms with Crippen molar-refractivity contribution in [1.82, 2.24) is 19.2 Å². The number of hydrogen-bond donors (Lipinski definition) is 1. The van der Waals surface area contributed by atoms with E-state index in [4.69, 9.17) is 0 Å². The molecule has 2 aromatic carbocycles. The van der Waals surface area contributed by atoms with Crippen LogP contribution < -0.4 is 5.32 Å². The Morgan fingerprint density at radius 2 is 1.87 bits per heavy atom. The number of benzene rings is 2. The van der Waals surface area contributed by atoms with E-state index in [-0.39, 0.29) is 17.3 Å². The molecule has 162 valence electrons. The Morgan fingerprint density at radius 3 is 2.58 bits per heavy atom. The first-order valence-corrected chi connectivity index (χ1v) is 11.8. The minimum Gasteiger partial charge on any atom is -0.355 e. The molecule has 0 radical (unpaired) electrons. The van der Waals surface area contributed by atoms with Crippen molar-refractivity contribution in [2.45, 2.75) is 43.8 Å². The van der Waals surface area contributed by atoms with Gasteiger partial charge < -0.3 is 9.88 Å². The van der Waals surface area contributed by atoms with Gasteiger partial charge in [-0.05, 0) is 43.0 Å². The smallest absolute Gasteiger partial charge is 0.244 e. The Bertz CT molecular complexity index is 1140. The summed E-state index contributed by atoms with van der Waals surface area (Å²) in [6, 6.07) is 13.7. The van der Waals surface area contributed by atoms with Gasteiger partial charge in [-0.2, -0.15) is 4.31 Å². The molecule has 1 aliphatic rings. The first kappa shape index (κ1) is 21.3. The van der Waals surface area contributed by atoms with Gasteiger partial charge in [0.15, 0.2) is 0 Å². The van der Waals surface area contributed by atoms with E-state index in [0.29, 0.717) is 13.0 Å². The molecule has 0 aliphatic carbocycles. The average molecular weight is 439 g/mol. The molecular weight excluding hydrogens is 412 g/mol. The quantitative estimate of drug-likeness (QED) is 0.575. The number of hydrogen-bond acceptors (Lipinski definition) is 4. The Labute approximate surface area is 182 Å². The van der Waals surface area contributed by atoms with Crippen molar-refractivity contribution in [1.29, 1.82) is 0 Å². The number of amides is 1. The van der Waals surface area contributed by atoms with Crippen LogP contribution in [-0.4, -0.2) is 40.8 Å². The van der Waals surface area contributed by atoms with Gasteiger partial charge in [-0.15, -0.1) is 0 Å². The molecule has 8 heteroatoms. The molecule has 1 N–H and O–H groups in total. The molecule has 0 spiro atoms. The zero-order chi connectivity index (χ0) is 21.8. The number of carbonyl (C=O) groups excluding carboxylic acids is 1. The first-order chi connectivity index (χ1) is 14.9. The van der Waals surface area contributed by atoms with E-state index in [1.165, 1.54) is 4.31 Å². The van der Waals surface area contributed by atoms with Crippen molar-refractivity contribution in [2.75, 3.05) is 6.54 Å². The van der Waals surface area contributed by atoms with E-state index in [1.54, 1.807) is 36.8 Å². The largest absolute Gasteiger partial charge is 0.355 e. The van der Waals surface area contributed by atoms with Gasteiger partial charge in [-0.3, -0.25) is 4.79 Å². The van der Waals surface area contributed by atoms with Crippen molar-refractivity contribution in [2.24, 2.45) is 0 Å². The van der Waals surface area contributed by atoms with Crippen LogP contribution in [0.4, 0.5) is 0 Å². The molecule has 7 nitrogen and oxygen atoms in total. The Hall–Kier alpha value is -2.97. The zero-order valence-corrected chi connectivity index (χ0v) is 18.3. The third kappa shape index (κ3) is 4.70. The topological polar surface area (TPSA) is 84.3 Å². The van der Waals surface area contributed by atoms with Gasteiger partial charge in [-0.1, -0.05) is 42.0 Å². The summed E-state index contributed by atoms with van der Waals surface area (Å²) in [6.07, 6.45) is 6.40. The SMILES string of the molecule is Cc1ccc(S(=O)(=O)N2Cc3ccccc3C[C@H]2C(=O)NCCCn2ccnc2)cc1. The van der Waals surface area contributed by atoms with E-state index in [0.717, 1.165) is 29.7 Å². The number of sulfonamides is 1. The lowest BCUT2D eigenvalue weighted by atomic mass is 9.95. The summed E-state index contributed by atoms with van der Waals surface area (Å²) in [7, 11) is -3.82. The fourth-order valence-corrected chi connectivity index (χ4v) is 5.40. The number of rotatable bonds is 7. The van der Waals surface area contributed by atoms with Gasteiger partial charge >= 0.3 is 0 Å². The molecule has 0 saturated heterocycles. The molecule has 1 aliphatic heterocycles. The fourth-order valence-electron chi connectivity index (χ4n) is 3.83. The maximum Gasteiger partial charge on any atom is 0.244 e. The van der Waals surface area contributed by atoms with Crippen molar-refractivity contribution in [3.63, 3.8) is 0 Å². The van der Waals surface area contributed by atoms with E-state index in [2.05, 4.69) is 10.3 Å². The molecule has 4 rings (SSSR count). The van der Waals surface area contributed by atoms with Crippen LogP contribution >= 0.6 is 0 Å². The predicted molar refractivity (Wildman–Crippen MR) is 118 cm³/mol. The highest BCUT2D eigenvalue weighted by Crippen LogP contribution is 2.29. The summed E-state index contributed by atoms with van der Waals surface area (Å²) in [5, 5.41) is 2.93. The van der Waals surface area contributed by atoms with Crippen molar-refractivity contribution >= 4 is 15.9 Å². The second kappa shape index (κ2) is 9.03. The van der Waals surface area contributed by atoms with Crippen LogP contribution in [0.2, 0.25) is 0 Å². The summed E-state index contributed by atoms with van der Waals surface area (Å²) < 4.78 is 30.2. The highest BCUT2D eigenvalue weighted by atomic mass is 32.2. The molecule has 0 fully saturated rings. The summed E-state index contributed by atoms with van der Waals surface area (Å²) in [5.41, 5.74) is 2.92. The first-order valence-electron chi connectivity index (χ1n) is 10.3. The number of aryl methyl sites for hydroxylation is 2.